The van der Waals surface area contributed by atoms with Crippen LogP contribution < -0.4 is 5.32 Å². The molecular formula is C22H17FN4O. The molecule has 0 bridgehead atoms. The van der Waals surface area contributed by atoms with Crippen LogP contribution in [0.3, 0.4) is 0 Å². The van der Waals surface area contributed by atoms with Crippen molar-refractivity contribution < 1.29 is 9.18 Å². The highest BCUT2D eigenvalue weighted by molar-refractivity contribution is 5.94. The Bertz CT molecular complexity index is 1090. The maximum Gasteiger partial charge on any atom is 0.270 e. The smallest absolute Gasteiger partial charge is 0.270 e. The molecule has 0 aliphatic carbocycles. The van der Waals surface area contributed by atoms with Crippen LogP contribution in [-0.2, 0) is 6.54 Å². The van der Waals surface area contributed by atoms with Gasteiger partial charge in [-0.15, -0.1) is 0 Å². The highest BCUT2D eigenvalue weighted by Gasteiger charge is 2.19. The summed E-state index contributed by atoms with van der Waals surface area (Å²) in [7, 11) is 0. The second-order valence-electron chi connectivity index (χ2n) is 6.18. The number of rotatable bonds is 5. The summed E-state index contributed by atoms with van der Waals surface area (Å²) in [5.74, 6) is -0.681. The standard InChI is InChI=1S/C22H17FN4O/c23-19-9-5-4-8-18(19)20-14-21(27(26-20)17-6-2-1-3-7-17)22(28)25-15-16-10-12-24-13-11-16/h1-14H,15H2,(H,25,28). The number of nitrogens with zero attached hydrogens (tertiary/aromatic N) is 3. The second kappa shape index (κ2) is 7.84. The van der Waals surface area contributed by atoms with Crippen LogP contribution in [0.1, 0.15) is 16.1 Å². The van der Waals surface area contributed by atoms with Crippen molar-refractivity contribution in [2.45, 2.75) is 6.54 Å². The number of halogens is 1. The van der Waals surface area contributed by atoms with Crippen LogP contribution >= 0.6 is 0 Å². The van der Waals surface area contributed by atoms with Crippen molar-refractivity contribution in [2.24, 2.45) is 0 Å². The molecule has 2 aromatic heterocycles. The molecule has 1 amide bonds. The molecule has 0 atom stereocenters. The van der Waals surface area contributed by atoms with E-state index in [4.69, 9.17) is 0 Å². The van der Waals surface area contributed by atoms with Crippen molar-refractivity contribution in [1.82, 2.24) is 20.1 Å². The molecule has 138 valence electrons. The third-order valence-corrected chi connectivity index (χ3v) is 4.29. The van der Waals surface area contributed by atoms with Gasteiger partial charge in [-0.3, -0.25) is 9.78 Å². The van der Waals surface area contributed by atoms with Crippen LogP contribution in [-0.4, -0.2) is 20.7 Å². The zero-order valence-corrected chi connectivity index (χ0v) is 14.9. The van der Waals surface area contributed by atoms with Crippen LogP contribution in [0.25, 0.3) is 16.9 Å². The van der Waals surface area contributed by atoms with E-state index in [0.29, 0.717) is 23.5 Å². The van der Waals surface area contributed by atoms with E-state index in [0.717, 1.165) is 11.3 Å². The maximum atomic E-state index is 14.2. The Balaban J connectivity index is 1.70. The molecule has 0 saturated carbocycles. The first-order chi connectivity index (χ1) is 13.7. The Labute approximate surface area is 161 Å². The molecule has 0 aliphatic rings. The lowest BCUT2D eigenvalue weighted by molar-refractivity contribution is 0.0943. The molecule has 4 rings (SSSR count). The number of carbonyl (C=O) groups is 1. The van der Waals surface area contributed by atoms with E-state index in [1.165, 1.54) is 10.7 Å². The van der Waals surface area contributed by atoms with Crippen molar-refractivity contribution in [1.29, 1.82) is 0 Å². The topological polar surface area (TPSA) is 59.8 Å². The first kappa shape index (κ1) is 17.6. The predicted molar refractivity (Wildman–Crippen MR) is 104 cm³/mol. The molecule has 2 heterocycles. The minimum Gasteiger partial charge on any atom is -0.347 e. The average Bonchev–Trinajstić information content (AvgIpc) is 3.19. The minimum absolute atomic E-state index is 0.296. The number of pyridine rings is 1. The largest absolute Gasteiger partial charge is 0.347 e. The molecule has 4 aromatic rings. The van der Waals surface area contributed by atoms with Crippen LogP contribution in [0.15, 0.2) is 85.2 Å². The summed E-state index contributed by atoms with van der Waals surface area (Å²) < 4.78 is 15.8. The summed E-state index contributed by atoms with van der Waals surface area (Å²) >= 11 is 0. The van der Waals surface area contributed by atoms with E-state index in [-0.39, 0.29) is 11.7 Å². The van der Waals surface area contributed by atoms with Gasteiger partial charge in [0.15, 0.2) is 0 Å². The number of aromatic nitrogens is 3. The number of benzene rings is 2. The van der Waals surface area contributed by atoms with Crippen LogP contribution in [0.4, 0.5) is 4.39 Å². The number of hydrogen-bond donors (Lipinski definition) is 1. The third kappa shape index (κ3) is 3.66. The van der Waals surface area contributed by atoms with E-state index in [2.05, 4.69) is 15.4 Å². The first-order valence-corrected chi connectivity index (χ1v) is 8.80. The molecule has 0 spiro atoms. The van der Waals surface area contributed by atoms with Crippen LogP contribution in [0.5, 0.6) is 0 Å². The quantitative estimate of drug-likeness (QED) is 0.576. The van der Waals surface area contributed by atoms with Gasteiger partial charge in [-0.2, -0.15) is 5.10 Å². The fourth-order valence-electron chi connectivity index (χ4n) is 2.88. The van der Waals surface area contributed by atoms with E-state index < -0.39 is 0 Å². The molecule has 0 radical (unpaired) electrons. The lowest BCUT2D eigenvalue weighted by atomic mass is 10.1. The summed E-state index contributed by atoms with van der Waals surface area (Å²) in [5, 5.41) is 7.38. The van der Waals surface area contributed by atoms with Gasteiger partial charge < -0.3 is 5.32 Å². The number of carbonyl (C=O) groups excluding carboxylic acids is 1. The van der Waals surface area contributed by atoms with E-state index in [1.807, 2.05) is 42.5 Å². The lowest BCUT2D eigenvalue weighted by Crippen LogP contribution is -2.25. The summed E-state index contributed by atoms with van der Waals surface area (Å²) in [6.45, 7) is 0.357. The van der Waals surface area contributed by atoms with Crippen LogP contribution in [0.2, 0.25) is 0 Å². The molecule has 28 heavy (non-hydrogen) atoms. The number of amides is 1. The number of para-hydroxylation sites is 1. The van der Waals surface area contributed by atoms with Gasteiger partial charge in [0.2, 0.25) is 0 Å². The van der Waals surface area contributed by atoms with Gasteiger partial charge in [-0.05, 0) is 48.0 Å². The Kier molecular flexibility index (Phi) is 4.93. The van der Waals surface area contributed by atoms with Crippen molar-refractivity contribution in [3.8, 4) is 16.9 Å². The van der Waals surface area contributed by atoms with Gasteiger partial charge in [0.25, 0.3) is 5.91 Å². The van der Waals surface area contributed by atoms with Gasteiger partial charge in [0.05, 0.1) is 11.4 Å². The summed E-state index contributed by atoms with van der Waals surface area (Å²) in [4.78, 5) is 16.8. The zero-order valence-electron chi connectivity index (χ0n) is 14.9. The molecular weight excluding hydrogens is 355 g/mol. The van der Waals surface area contributed by atoms with E-state index in [9.17, 15) is 9.18 Å². The Morgan fingerprint density at radius 1 is 0.964 bits per heavy atom. The summed E-state index contributed by atoms with van der Waals surface area (Å²) in [6.07, 6.45) is 3.35. The van der Waals surface area contributed by atoms with Crippen molar-refractivity contribution >= 4 is 5.91 Å². The Morgan fingerprint density at radius 2 is 1.68 bits per heavy atom. The number of nitrogens with one attached hydrogen (secondary N) is 1. The van der Waals surface area contributed by atoms with Crippen molar-refractivity contribution in [3.05, 3.63) is 102 Å². The van der Waals surface area contributed by atoms with Crippen molar-refractivity contribution in [2.75, 3.05) is 0 Å². The summed E-state index contributed by atoms with van der Waals surface area (Å²) in [6, 6.07) is 20.9. The minimum atomic E-state index is -0.385. The zero-order chi connectivity index (χ0) is 19.3. The predicted octanol–water partition coefficient (Wildman–Crippen LogP) is 4.00. The molecule has 6 heteroatoms. The SMILES string of the molecule is O=C(NCc1ccncc1)c1cc(-c2ccccc2F)nn1-c1ccccc1. The van der Waals surface area contributed by atoms with E-state index in [1.54, 1.807) is 36.7 Å². The summed E-state index contributed by atoms with van der Waals surface area (Å²) in [5.41, 5.74) is 2.73. The lowest BCUT2D eigenvalue weighted by Gasteiger charge is -2.08. The van der Waals surface area contributed by atoms with Gasteiger partial charge in [0.1, 0.15) is 11.5 Å². The van der Waals surface area contributed by atoms with Gasteiger partial charge >= 0.3 is 0 Å². The van der Waals surface area contributed by atoms with Crippen LogP contribution in [0, 0.1) is 5.82 Å². The Hall–Kier alpha value is -3.80. The molecule has 2 aromatic carbocycles. The first-order valence-electron chi connectivity index (χ1n) is 8.80. The Morgan fingerprint density at radius 3 is 2.43 bits per heavy atom. The normalized spacial score (nSPS) is 10.6. The maximum absolute atomic E-state index is 14.2. The molecule has 0 aliphatic heterocycles. The third-order valence-electron chi connectivity index (χ3n) is 4.29. The van der Waals surface area contributed by atoms with Crippen molar-refractivity contribution in [3.63, 3.8) is 0 Å². The van der Waals surface area contributed by atoms with Gasteiger partial charge in [0, 0.05) is 24.5 Å². The molecule has 0 unspecified atom stereocenters. The van der Waals surface area contributed by atoms with Gasteiger partial charge in [-0.25, -0.2) is 9.07 Å². The monoisotopic (exact) mass is 372 g/mol. The highest BCUT2D eigenvalue weighted by Crippen LogP contribution is 2.24. The molecule has 1 N–H and O–H groups in total. The second-order valence-corrected chi connectivity index (χ2v) is 6.18. The molecule has 5 nitrogen and oxygen atoms in total. The highest BCUT2D eigenvalue weighted by atomic mass is 19.1. The van der Waals surface area contributed by atoms with Gasteiger partial charge in [-0.1, -0.05) is 30.3 Å². The fraction of sp³-hybridized carbons (Fsp3) is 0.0455. The average molecular weight is 372 g/mol. The molecule has 0 fully saturated rings. The number of hydrogen-bond acceptors (Lipinski definition) is 3. The fourth-order valence-corrected chi connectivity index (χ4v) is 2.88. The van der Waals surface area contributed by atoms with E-state index >= 15 is 0 Å². The molecule has 0 saturated heterocycles.